The molecule has 0 aromatic heterocycles. The molecule has 0 bridgehead atoms. The van der Waals surface area contributed by atoms with Crippen molar-refractivity contribution < 1.29 is 9.53 Å². The summed E-state index contributed by atoms with van der Waals surface area (Å²) in [4.78, 5) is 14.3. The van der Waals surface area contributed by atoms with E-state index in [2.05, 4.69) is 12.2 Å². The van der Waals surface area contributed by atoms with Crippen LogP contribution in [0.5, 0.6) is 0 Å². The highest BCUT2D eigenvalue weighted by molar-refractivity contribution is 5.68. The molecule has 3 heteroatoms. The van der Waals surface area contributed by atoms with E-state index in [1.807, 2.05) is 25.7 Å². The van der Waals surface area contributed by atoms with E-state index in [0.29, 0.717) is 12.0 Å². The predicted molar refractivity (Wildman–Crippen MR) is 77.1 cm³/mol. The fourth-order valence-electron chi connectivity index (χ4n) is 3.11. The van der Waals surface area contributed by atoms with E-state index in [-0.39, 0.29) is 6.09 Å². The van der Waals surface area contributed by atoms with Crippen LogP contribution in [0.3, 0.4) is 0 Å². The van der Waals surface area contributed by atoms with Crippen molar-refractivity contribution in [2.75, 3.05) is 6.54 Å². The lowest BCUT2D eigenvalue weighted by molar-refractivity contribution is 0.00367. The van der Waals surface area contributed by atoms with Crippen molar-refractivity contribution in [1.29, 1.82) is 0 Å². The van der Waals surface area contributed by atoms with Gasteiger partial charge in [-0.3, -0.25) is 0 Å². The van der Waals surface area contributed by atoms with Gasteiger partial charge in [0.05, 0.1) is 0 Å². The molecule has 1 saturated heterocycles. The number of hydrogen-bond acceptors (Lipinski definition) is 2. The van der Waals surface area contributed by atoms with Crippen LogP contribution in [-0.2, 0) is 4.74 Å². The molecular weight excluding hydrogens is 238 g/mol. The van der Waals surface area contributed by atoms with Gasteiger partial charge in [0.2, 0.25) is 0 Å². The Balaban J connectivity index is 2.05. The minimum absolute atomic E-state index is 0.129. The van der Waals surface area contributed by atoms with Crippen molar-refractivity contribution in [3.63, 3.8) is 0 Å². The van der Waals surface area contributed by atoms with Crippen LogP contribution in [0.2, 0.25) is 0 Å². The van der Waals surface area contributed by atoms with Crippen LogP contribution in [0.1, 0.15) is 59.3 Å². The molecule has 0 aromatic rings. The summed E-state index contributed by atoms with van der Waals surface area (Å²) >= 11 is 0. The predicted octanol–water partition coefficient (Wildman–Crippen LogP) is 4.13. The Hall–Kier alpha value is -0.990. The number of ether oxygens (including phenoxy) is 1. The molecule has 0 aromatic carbocycles. The zero-order valence-corrected chi connectivity index (χ0v) is 12.5. The number of nitrogens with zero attached hydrogens (tertiary/aromatic N) is 1. The van der Waals surface area contributed by atoms with E-state index in [9.17, 15) is 4.79 Å². The Bertz CT molecular complexity index is 343. The smallest absolute Gasteiger partial charge is 0.410 e. The molecule has 0 N–H and O–H groups in total. The lowest BCUT2D eigenvalue weighted by atomic mass is 9.84. The van der Waals surface area contributed by atoms with E-state index in [1.165, 1.54) is 25.7 Å². The Morgan fingerprint density at radius 3 is 2.63 bits per heavy atom. The van der Waals surface area contributed by atoms with Gasteiger partial charge in [0.1, 0.15) is 5.60 Å². The maximum absolute atomic E-state index is 12.3. The van der Waals surface area contributed by atoms with Crippen molar-refractivity contribution >= 4 is 6.09 Å². The Morgan fingerprint density at radius 2 is 2.00 bits per heavy atom. The maximum Gasteiger partial charge on any atom is 0.410 e. The summed E-state index contributed by atoms with van der Waals surface area (Å²) in [5, 5.41) is 0. The van der Waals surface area contributed by atoms with Gasteiger partial charge in [0.25, 0.3) is 0 Å². The van der Waals surface area contributed by atoms with E-state index in [0.717, 1.165) is 19.4 Å². The number of likely N-dealkylation sites (tertiary alicyclic amines) is 1. The highest BCUT2D eigenvalue weighted by atomic mass is 16.6. The molecule has 19 heavy (non-hydrogen) atoms. The highest BCUT2D eigenvalue weighted by Gasteiger charge is 2.34. The van der Waals surface area contributed by atoms with Crippen LogP contribution >= 0.6 is 0 Å². The molecular formula is C16H27NO2. The topological polar surface area (TPSA) is 29.5 Å². The standard InChI is InChI=1S/C16H27NO2/c1-16(2,3)19-15(18)17-12-8-7-11-14(17)13-9-5-4-6-10-13/h5,9,13-14H,4,6-8,10-12H2,1-3H3. The van der Waals surface area contributed by atoms with Gasteiger partial charge in [-0.1, -0.05) is 12.2 Å². The first-order chi connectivity index (χ1) is 8.97. The number of carbonyl (C=O) groups is 1. The summed E-state index contributed by atoms with van der Waals surface area (Å²) in [6.45, 7) is 6.66. The number of rotatable bonds is 1. The average molecular weight is 265 g/mol. The number of carbonyl (C=O) groups excluding carboxylic acids is 1. The van der Waals surface area contributed by atoms with Gasteiger partial charge < -0.3 is 9.64 Å². The van der Waals surface area contributed by atoms with Crippen molar-refractivity contribution in [1.82, 2.24) is 4.90 Å². The van der Waals surface area contributed by atoms with Gasteiger partial charge in [0, 0.05) is 12.6 Å². The van der Waals surface area contributed by atoms with Gasteiger partial charge in [0.15, 0.2) is 0 Å². The van der Waals surface area contributed by atoms with Crippen LogP contribution < -0.4 is 0 Å². The first-order valence-electron chi connectivity index (χ1n) is 7.64. The highest BCUT2D eigenvalue weighted by Crippen LogP contribution is 2.31. The second kappa shape index (κ2) is 5.98. The third kappa shape index (κ3) is 3.99. The summed E-state index contributed by atoms with van der Waals surface area (Å²) in [5.74, 6) is 0.529. The summed E-state index contributed by atoms with van der Waals surface area (Å²) < 4.78 is 5.56. The van der Waals surface area contributed by atoms with E-state index < -0.39 is 5.60 Å². The van der Waals surface area contributed by atoms with Gasteiger partial charge in [-0.05, 0) is 65.2 Å². The van der Waals surface area contributed by atoms with Crippen LogP contribution in [0.15, 0.2) is 12.2 Å². The number of piperidine rings is 1. The molecule has 0 saturated carbocycles. The zero-order valence-electron chi connectivity index (χ0n) is 12.5. The Kier molecular flexibility index (Phi) is 4.54. The zero-order chi connectivity index (χ0) is 13.9. The van der Waals surface area contributed by atoms with Gasteiger partial charge in [-0.15, -0.1) is 0 Å². The molecule has 1 aliphatic heterocycles. The lowest BCUT2D eigenvalue weighted by Crippen LogP contribution is -2.49. The average Bonchev–Trinajstić information content (AvgIpc) is 2.38. The summed E-state index contributed by atoms with van der Waals surface area (Å²) in [7, 11) is 0. The molecule has 1 heterocycles. The molecule has 0 spiro atoms. The van der Waals surface area contributed by atoms with E-state index in [1.54, 1.807) is 0 Å². The van der Waals surface area contributed by atoms with Crippen LogP contribution in [-0.4, -0.2) is 29.2 Å². The van der Waals surface area contributed by atoms with Crippen molar-refractivity contribution in [2.24, 2.45) is 5.92 Å². The molecule has 1 fully saturated rings. The molecule has 108 valence electrons. The first kappa shape index (κ1) is 14.4. The SMILES string of the molecule is CC(C)(C)OC(=O)N1CCCCC1C1C=CCCC1. The van der Waals surface area contributed by atoms with Crippen LogP contribution in [0.25, 0.3) is 0 Å². The van der Waals surface area contributed by atoms with E-state index >= 15 is 0 Å². The minimum atomic E-state index is -0.401. The molecule has 3 nitrogen and oxygen atoms in total. The summed E-state index contributed by atoms with van der Waals surface area (Å²) in [6.07, 6.45) is 11.6. The Morgan fingerprint density at radius 1 is 1.21 bits per heavy atom. The third-order valence-corrected chi connectivity index (χ3v) is 3.96. The first-order valence-corrected chi connectivity index (χ1v) is 7.64. The van der Waals surface area contributed by atoms with Crippen LogP contribution in [0, 0.1) is 5.92 Å². The fourth-order valence-corrected chi connectivity index (χ4v) is 3.11. The van der Waals surface area contributed by atoms with Gasteiger partial charge >= 0.3 is 6.09 Å². The normalized spacial score (nSPS) is 28.3. The van der Waals surface area contributed by atoms with Crippen molar-refractivity contribution in [2.45, 2.75) is 70.9 Å². The largest absolute Gasteiger partial charge is 0.444 e. The summed E-state index contributed by atoms with van der Waals surface area (Å²) in [5.41, 5.74) is -0.401. The second-order valence-corrected chi connectivity index (χ2v) is 6.76. The van der Waals surface area contributed by atoms with Crippen LogP contribution in [0.4, 0.5) is 4.79 Å². The number of allylic oxidation sites excluding steroid dienone is 1. The van der Waals surface area contributed by atoms with Gasteiger partial charge in [-0.25, -0.2) is 4.79 Å². The van der Waals surface area contributed by atoms with Gasteiger partial charge in [-0.2, -0.15) is 0 Å². The third-order valence-electron chi connectivity index (χ3n) is 3.96. The van der Waals surface area contributed by atoms with Crippen molar-refractivity contribution in [3.8, 4) is 0 Å². The summed E-state index contributed by atoms with van der Waals surface area (Å²) in [6, 6.07) is 0.347. The number of hydrogen-bond donors (Lipinski definition) is 0. The molecule has 2 aliphatic rings. The maximum atomic E-state index is 12.3. The van der Waals surface area contributed by atoms with Crippen molar-refractivity contribution in [3.05, 3.63) is 12.2 Å². The molecule has 2 unspecified atom stereocenters. The minimum Gasteiger partial charge on any atom is -0.444 e. The fraction of sp³-hybridized carbons (Fsp3) is 0.812. The van der Waals surface area contributed by atoms with E-state index in [4.69, 9.17) is 4.74 Å². The quantitative estimate of drug-likeness (QED) is 0.667. The molecule has 1 amide bonds. The lowest BCUT2D eigenvalue weighted by Gasteiger charge is -2.40. The molecule has 2 rings (SSSR count). The molecule has 0 radical (unpaired) electrons. The molecule has 1 aliphatic carbocycles. The second-order valence-electron chi connectivity index (χ2n) is 6.76. The number of amides is 1. The monoisotopic (exact) mass is 265 g/mol. The Labute approximate surface area is 117 Å². The molecule has 2 atom stereocenters.